The van der Waals surface area contributed by atoms with Gasteiger partial charge in [0, 0.05) is 18.8 Å². The molecule has 0 aromatic carbocycles. The molecular weight excluding hydrogens is 456 g/mol. The molecular formula is C30H46O6. The van der Waals surface area contributed by atoms with Crippen LogP contribution in [0.5, 0.6) is 0 Å². The number of rotatable bonds is 6. The lowest BCUT2D eigenvalue weighted by atomic mass is 9.46. The normalized spacial score (nSPS) is 41.3. The lowest BCUT2D eigenvalue weighted by Crippen LogP contribution is -2.56. The molecule has 0 amide bonds. The molecule has 3 N–H and O–H groups in total. The predicted molar refractivity (Wildman–Crippen MR) is 138 cm³/mol. The average Bonchev–Trinajstić information content (AvgIpc) is 3.10. The second-order valence-corrected chi connectivity index (χ2v) is 13.5. The van der Waals surface area contributed by atoms with Crippen LogP contribution in [0.1, 0.15) is 87.0 Å². The first-order chi connectivity index (χ1) is 16.5. The molecule has 4 aliphatic carbocycles. The molecule has 0 saturated heterocycles. The molecule has 6 nitrogen and oxygen atoms in total. The predicted octanol–water partition coefficient (Wildman–Crippen LogP) is 4.36. The van der Waals surface area contributed by atoms with E-state index in [1.54, 1.807) is 32.9 Å². The summed E-state index contributed by atoms with van der Waals surface area (Å²) in [5.74, 6) is 0.698. The monoisotopic (exact) mass is 502 g/mol. The van der Waals surface area contributed by atoms with Gasteiger partial charge in [-0.05, 0) is 100 Å². The van der Waals surface area contributed by atoms with E-state index in [-0.39, 0.29) is 46.8 Å². The molecule has 6 heteroatoms. The van der Waals surface area contributed by atoms with Gasteiger partial charge in [0.05, 0.1) is 17.3 Å². The second-order valence-electron chi connectivity index (χ2n) is 13.5. The Bertz CT molecular complexity index is 957. The summed E-state index contributed by atoms with van der Waals surface area (Å²) < 4.78 is 5.80. The van der Waals surface area contributed by atoms with Crippen LogP contribution < -0.4 is 0 Å². The maximum atomic E-state index is 12.1. The van der Waals surface area contributed by atoms with Crippen LogP contribution >= 0.6 is 0 Å². The second kappa shape index (κ2) is 9.06. The number of fused-ring (bicyclic) bond motifs is 5. The Morgan fingerprint density at radius 2 is 1.83 bits per heavy atom. The smallest absolute Gasteiger partial charge is 0.302 e. The van der Waals surface area contributed by atoms with Gasteiger partial charge in [0.15, 0.2) is 5.78 Å². The number of ketones is 1. The Kier molecular flexibility index (Phi) is 6.93. The maximum absolute atomic E-state index is 12.1. The van der Waals surface area contributed by atoms with E-state index < -0.39 is 23.4 Å². The summed E-state index contributed by atoms with van der Waals surface area (Å²) in [6.45, 7) is 12.9. The topological polar surface area (TPSA) is 104 Å². The summed E-state index contributed by atoms with van der Waals surface area (Å²) >= 11 is 0. The number of carbonyl (C=O) groups excluding carboxylic acids is 2. The van der Waals surface area contributed by atoms with Crippen molar-refractivity contribution in [3.8, 4) is 0 Å². The van der Waals surface area contributed by atoms with Gasteiger partial charge in [-0.25, -0.2) is 0 Å². The number of aliphatic hydroxyl groups excluding tert-OH is 1. The van der Waals surface area contributed by atoms with Gasteiger partial charge in [-0.2, -0.15) is 0 Å². The molecule has 0 aromatic rings. The molecule has 4 aliphatic rings. The van der Waals surface area contributed by atoms with Crippen molar-refractivity contribution in [2.24, 2.45) is 40.4 Å². The van der Waals surface area contributed by atoms with E-state index in [0.29, 0.717) is 18.3 Å². The molecule has 0 aromatic heterocycles. The van der Waals surface area contributed by atoms with Crippen LogP contribution in [0.3, 0.4) is 0 Å². The minimum Gasteiger partial charge on any atom is -0.462 e. The standard InChI is InChI=1S/C30H46O6/c1-17(25(36-18(2)31)16-30(7,35)27(3,4)34)21-8-9-22-26-23(11-13-29(21,22)6)28(5)12-10-20(32)14-19(28)15-24(26)33/h10,12,14,17,21-26,33-35H,8-9,11,13,15-16H2,1-7H3/t17-,21+,22-,23-,24+,25+,26-,28-,29+,30+/m0/s1. The number of ether oxygens (including phenoxy) is 1. The molecule has 3 fully saturated rings. The van der Waals surface area contributed by atoms with Crippen molar-refractivity contribution in [2.45, 2.75) is 110 Å². The van der Waals surface area contributed by atoms with Crippen LogP contribution in [0.15, 0.2) is 23.8 Å². The Balaban J connectivity index is 1.61. The van der Waals surface area contributed by atoms with E-state index in [9.17, 15) is 24.9 Å². The molecule has 4 rings (SSSR count). The van der Waals surface area contributed by atoms with Gasteiger partial charge < -0.3 is 20.1 Å². The highest BCUT2D eigenvalue weighted by Crippen LogP contribution is 2.67. The Hall–Kier alpha value is -1.50. The number of allylic oxidation sites excluding steroid dienone is 3. The van der Waals surface area contributed by atoms with Crippen molar-refractivity contribution in [1.29, 1.82) is 0 Å². The molecule has 36 heavy (non-hydrogen) atoms. The van der Waals surface area contributed by atoms with Gasteiger partial charge in [0.2, 0.25) is 0 Å². The lowest BCUT2D eigenvalue weighted by Gasteiger charge is -2.59. The lowest BCUT2D eigenvalue weighted by molar-refractivity contribution is -0.172. The number of aliphatic hydroxyl groups is 3. The summed E-state index contributed by atoms with van der Waals surface area (Å²) in [6.07, 6.45) is 9.23. The van der Waals surface area contributed by atoms with Crippen LogP contribution in [-0.2, 0) is 14.3 Å². The molecule has 3 saturated carbocycles. The molecule has 202 valence electrons. The summed E-state index contributed by atoms with van der Waals surface area (Å²) in [6, 6.07) is 0. The van der Waals surface area contributed by atoms with Crippen LogP contribution in [0.25, 0.3) is 0 Å². The molecule has 0 aliphatic heterocycles. The highest BCUT2D eigenvalue weighted by molar-refractivity contribution is 6.01. The van der Waals surface area contributed by atoms with Crippen molar-refractivity contribution in [3.05, 3.63) is 23.8 Å². The van der Waals surface area contributed by atoms with Crippen LogP contribution in [0.2, 0.25) is 0 Å². The first-order valence-electron chi connectivity index (χ1n) is 13.8. The van der Waals surface area contributed by atoms with Crippen LogP contribution in [0, 0.1) is 40.4 Å². The number of carbonyl (C=O) groups is 2. The minimum atomic E-state index is -1.42. The summed E-state index contributed by atoms with van der Waals surface area (Å²) in [7, 11) is 0. The fourth-order valence-corrected chi connectivity index (χ4v) is 8.52. The van der Waals surface area contributed by atoms with E-state index in [1.165, 1.54) is 6.92 Å². The van der Waals surface area contributed by atoms with Crippen LogP contribution in [0.4, 0.5) is 0 Å². The molecule has 0 heterocycles. The van der Waals surface area contributed by atoms with Gasteiger partial charge in [-0.3, -0.25) is 9.59 Å². The van der Waals surface area contributed by atoms with Crippen LogP contribution in [-0.4, -0.2) is 50.5 Å². The summed E-state index contributed by atoms with van der Waals surface area (Å²) in [5.41, 5.74) is -1.90. The van der Waals surface area contributed by atoms with E-state index in [0.717, 1.165) is 31.3 Å². The van der Waals surface area contributed by atoms with Gasteiger partial charge in [0.25, 0.3) is 0 Å². The Labute approximate surface area is 216 Å². The molecule has 0 radical (unpaired) electrons. The fourth-order valence-electron chi connectivity index (χ4n) is 8.52. The third kappa shape index (κ3) is 4.41. The summed E-state index contributed by atoms with van der Waals surface area (Å²) in [4.78, 5) is 24.1. The number of hydrogen-bond donors (Lipinski definition) is 3. The summed E-state index contributed by atoms with van der Waals surface area (Å²) in [5, 5.41) is 33.0. The molecule has 0 spiro atoms. The fraction of sp³-hybridized carbons (Fsp3) is 0.800. The molecule has 10 atom stereocenters. The number of esters is 1. The zero-order valence-corrected chi connectivity index (χ0v) is 23.1. The molecule has 0 unspecified atom stereocenters. The van der Waals surface area contributed by atoms with Crippen molar-refractivity contribution in [1.82, 2.24) is 0 Å². The van der Waals surface area contributed by atoms with Crippen molar-refractivity contribution >= 4 is 11.8 Å². The van der Waals surface area contributed by atoms with Gasteiger partial charge in [0.1, 0.15) is 6.10 Å². The van der Waals surface area contributed by atoms with E-state index in [2.05, 4.69) is 26.8 Å². The molecule has 0 bridgehead atoms. The maximum Gasteiger partial charge on any atom is 0.302 e. The first kappa shape index (κ1) is 27.5. The van der Waals surface area contributed by atoms with Crippen molar-refractivity contribution < 1.29 is 29.6 Å². The Morgan fingerprint density at radius 3 is 2.44 bits per heavy atom. The Morgan fingerprint density at radius 1 is 1.17 bits per heavy atom. The average molecular weight is 503 g/mol. The third-order valence-electron chi connectivity index (χ3n) is 11.1. The van der Waals surface area contributed by atoms with Gasteiger partial charge in [-0.15, -0.1) is 0 Å². The highest BCUT2D eigenvalue weighted by atomic mass is 16.5. The van der Waals surface area contributed by atoms with Crippen molar-refractivity contribution in [3.63, 3.8) is 0 Å². The van der Waals surface area contributed by atoms with Crippen molar-refractivity contribution in [2.75, 3.05) is 0 Å². The number of hydrogen-bond acceptors (Lipinski definition) is 6. The third-order valence-corrected chi connectivity index (χ3v) is 11.1. The van der Waals surface area contributed by atoms with Gasteiger partial charge in [-0.1, -0.05) is 32.4 Å². The quantitative estimate of drug-likeness (QED) is 0.466. The zero-order valence-electron chi connectivity index (χ0n) is 23.1. The minimum absolute atomic E-state index is 0.00625. The van der Waals surface area contributed by atoms with E-state index in [4.69, 9.17) is 4.74 Å². The van der Waals surface area contributed by atoms with E-state index >= 15 is 0 Å². The zero-order chi connectivity index (χ0) is 26.8. The highest BCUT2D eigenvalue weighted by Gasteiger charge is 2.62. The van der Waals surface area contributed by atoms with E-state index in [1.807, 2.05) is 0 Å². The SMILES string of the molecule is CC(=O)O[C@H](C[C@@](C)(O)C(C)(C)O)[C@@H](C)[C@H]1CC[C@H]2[C@@H]3[C@H](O)CC4=CC(=O)C=C[C@]4(C)[C@H]3CC[C@]12C. The largest absolute Gasteiger partial charge is 0.462 e. The van der Waals surface area contributed by atoms with Gasteiger partial charge >= 0.3 is 5.97 Å². The first-order valence-corrected chi connectivity index (χ1v) is 13.8.